The predicted octanol–water partition coefficient (Wildman–Crippen LogP) is 3.59. The third kappa shape index (κ3) is 3.81. The van der Waals surface area contributed by atoms with Crippen LogP contribution in [0.25, 0.3) is 0 Å². The largest absolute Gasteiger partial charge is 0.474 e. The second kappa shape index (κ2) is 5.35. The van der Waals surface area contributed by atoms with Gasteiger partial charge in [-0.25, -0.2) is 4.98 Å². The van der Waals surface area contributed by atoms with Gasteiger partial charge in [-0.3, -0.25) is 0 Å². The molecule has 1 saturated carbocycles. The Kier molecular flexibility index (Phi) is 3.96. The zero-order valence-electron chi connectivity index (χ0n) is 11.0. The van der Waals surface area contributed by atoms with Crippen molar-refractivity contribution in [2.24, 2.45) is 5.92 Å². The first kappa shape index (κ1) is 14.1. The molecular weight excluding hydrogens is 257 g/mol. The van der Waals surface area contributed by atoms with Crippen LogP contribution >= 0.6 is 0 Å². The van der Waals surface area contributed by atoms with Crippen LogP contribution in [0, 0.1) is 19.8 Å². The van der Waals surface area contributed by atoms with Crippen LogP contribution in [-0.2, 0) is 0 Å². The van der Waals surface area contributed by atoms with Crippen molar-refractivity contribution in [2.75, 3.05) is 0 Å². The third-order valence-electron chi connectivity index (χ3n) is 3.37. The van der Waals surface area contributed by atoms with Gasteiger partial charge < -0.3 is 4.74 Å². The maximum Gasteiger partial charge on any atom is 0.391 e. The summed E-state index contributed by atoms with van der Waals surface area (Å²) in [5, 5.41) is 0. The van der Waals surface area contributed by atoms with E-state index in [1.165, 1.54) is 0 Å². The number of nitrogens with zero attached hydrogens (tertiary/aromatic N) is 2. The van der Waals surface area contributed by atoms with E-state index in [0.717, 1.165) is 5.69 Å². The Balaban J connectivity index is 1.92. The van der Waals surface area contributed by atoms with Crippen molar-refractivity contribution in [2.45, 2.75) is 51.8 Å². The van der Waals surface area contributed by atoms with E-state index in [1.54, 1.807) is 13.0 Å². The van der Waals surface area contributed by atoms with Crippen LogP contribution < -0.4 is 4.74 Å². The van der Waals surface area contributed by atoms with Crippen molar-refractivity contribution >= 4 is 0 Å². The second-order valence-electron chi connectivity index (χ2n) is 5.03. The fourth-order valence-corrected chi connectivity index (χ4v) is 2.42. The normalized spacial score (nSPS) is 24.3. The molecule has 1 aliphatic carbocycles. The summed E-state index contributed by atoms with van der Waals surface area (Å²) >= 11 is 0. The molecule has 0 aliphatic heterocycles. The number of alkyl halides is 3. The molecule has 0 aromatic carbocycles. The zero-order valence-corrected chi connectivity index (χ0v) is 11.0. The first-order valence-electron chi connectivity index (χ1n) is 6.40. The molecule has 1 aliphatic rings. The molecule has 0 radical (unpaired) electrons. The number of hydrogen-bond acceptors (Lipinski definition) is 3. The fourth-order valence-electron chi connectivity index (χ4n) is 2.42. The molecule has 1 aromatic heterocycles. The molecule has 1 aromatic rings. The van der Waals surface area contributed by atoms with Gasteiger partial charge in [0.1, 0.15) is 11.9 Å². The molecule has 1 heterocycles. The molecule has 3 nitrogen and oxygen atoms in total. The molecule has 2 rings (SSSR count). The van der Waals surface area contributed by atoms with Gasteiger partial charge >= 0.3 is 6.18 Å². The molecule has 0 saturated heterocycles. The van der Waals surface area contributed by atoms with Gasteiger partial charge in [-0.2, -0.15) is 18.2 Å². The molecule has 0 amide bonds. The Hall–Kier alpha value is -1.33. The molecule has 0 atom stereocenters. The van der Waals surface area contributed by atoms with Crippen molar-refractivity contribution in [3.8, 4) is 5.88 Å². The van der Waals surface area contributed by atoms with Crippen LogP contribution in [0.4, 0.5) is 13.2 Å². The van der Waals surface area contributed by atoms with Crippen molar-refractivity contribution in [1.82, 2.24) is 9.97 Å². The monoisotopic (exact) mass is 274 g/mol. The minimum Gasteiger partial charge on any atom is -0.474 e. The van der Waals surface area contributed by atoms with Crippen LogP contribution in [-0.4, -0.2) is 22.2 Å². The number of rotatable bonds is 2. The van der Waals surface area contributed by atoms with E-state index < -0.39 is 12.1 Å². The highest BCUT2D eigenvalue weighted by Crippen LogP contribution is 2.38. The van der Waals surface area contributed by atoms with Gasteiger partial charge in [-0.15, -0.1) is 0 Å². The SMILES string of the molecule is Cc1cc(OC2CCC(C(F)(F)F)CC2)nc(C)n1. The fraction of sp³-hybridized carbons (Fsp3) is 0.692. The smallest absolute Gasteiger partial charge is 0.391 e. The summed E-state index contributed by atoms with van der Waals surface area (Å²) in [7, 11) is 0. The van der Waals surface area contributed by atoms with E-state index in [1.807, 2.05) is 6.92 Å². The van der Waals surface area contributed by atoms with Crippen molar-refractivity contribution in [1.29, 1.82) is 0 Å². The van der Waals surface area contributed by atoms with Crippen LogP contribution in [0.1, 0.15) is 37.2 Å². The first-order valence-corrected chi connectivity index (χ1v) is 6.40. The lowest BCUT2D eigenvalue weighted by Gasteiger charge is -2.29. The molecule has 6 heteroatoms. The first-order chi connectivity index (χ1) is 8.84. The highest BCUT2D eigenvalue weighted by atomic mass is 19.4. The Morgan fingerprint density at radius 2 is 1.74 bits per heavy atom. The van der Waals surface area contributed by atoms with Crippen LogP contribution in [0.5, 0.6) is 5.88 Å². The van der Waals surface area contributed by atoms with Gasteiger partial charge in [0.2, 0.25) is 5.88 Å². The van der Waals surface area contributed by atoms with Gasteiger partial charge in [-0.1, -0.05) is 0 Å². The Labute approximate surface area is 110 Å². The summed E-state index contributed by atoms with van der Waals surface area (Å²) < 4.78 is 43.3. The summed E-state index contributed by atoms with van der Waals surface area (Å²) in [6.45, 7) is 3.60. The number of aromatic nitrogens is 2. The minimum atomic E-state index is -4.08. The number of halogens is 3. The molecule has 19 heavy (non-hydrogen) atoms. The molecule has 0 N–H and O–H groups in total. The average Bonchev–Trinajstić information content (AvgIpc) is 2.26. The van der Waals surface area contributed by atoms with E-state index in [9.17, 15) is 13.2 Å². The van der Waals surface area contributed by atoms with E-state index in [4.69, 9.17) is 4.74 Å². The summed E-state index contributed by atoms with van der Waals surface area (Å²) in [5.74, 6) is -0.111. The van der Waals surface area contributed by atoms with Crippen LogP contribution in [0.15, 0.2) is 6.07 Å². The van der Waals surface area contributed by atoms with Gasteiger partial charge in [0.05, 0.1) is 5.92 Å². The maximum atomic E-state index is 12.5. The van der Waals surface area contributed by atoms with E-state index in [2.05, 4.69) is 9.97 Å². The topological polar surface area (TPSA) is 35.0 Å². The lowest BCUT2D eigenvalue weighted by Crippen LogP contribution is -2.32. The highest BCUT2D eigenvalue weighted by molar-refractivity contribution is 5.15. The maximum absolute atomic E-state index is 12.5. The Morgan fingerprint density at radius 1 is 1.11 bits per heavy atom. The summed E-state index contributed by atoms with van der Waals surface area (Å²) in [6.07, 6.45) is -3.13. The van der Waals surface area contributed by atoms with Crippen molar-refractivity contribution in [3.63, 3.8) is 0 Å². The molecule has 0 spiro atoms. The molecule has 1 fully saturated rings. The second-order valence-corrected chi connectivity index (χ2v) is 5.03. The van der Waals surface area contributed by atoms with Gasteiger partial charge in [0.25, 0.3) is 0 Å². The summed E-state index contributed by atoms with van der Waals surface area (Å²) in [4.78, 5) is 8.27. The van der Waals surface area contributed by atoms with Gasteiger partial charge in [0.15, 0.2) is 0 Å². The average molecular weight is 274 g/mol. The molecule has 0 unspecified atom stereocenters. The summed E-state index contributed by atoms with van der Waals surface area (Å²) in [6, 6.07) is 1.71. The third-order valence-corrected chi connectivity index (χ3v) is 3.37. The van der Waals surface area contributed by atoms with Gasteiger partial charge in [0, 0.05) is 11.8 Å². The Morgan fingerprint density at radius 3 is 2.26 bits per heavy atom. The van der Waals surface area contributed by atoms with Crippen molar-refractivity contribution < 1.29 is 17.9 Å². The quantitative estimate of drug-likeness (QED) is 0.826. The molecule has 106 valence electrons. The number of ether oxygens (including phenoxy) is 1. The number of aryl methyl sites for hydroxylation is 2. The van der Waals surface area contributed by atoms with Crippen LogP contribution in [0.3, 0.4) is 0 Å². The molecular formula is C13H17F3N2O. The van der Waals surface area contributed by atoms with E-state index >= 15 is 0 Å². The zero-order chi connectivity index (χ0) is 14.0. The predicted molar refractivity (Wildman–Crippen MR) is 63.9 cm³/mol. The standard InChI is InChI=1S/C13H17F3N2O/c1-8-7-12(18-9(2)17-8)19-11-5-3-10(4-6-11)13(14,15)16/h7,10-11H,3-6H2,1-2H3. The minimum absolute atomic E-state index is 0.136. The van der Waals surface area contributed by atoms with Gasteiger partial charge in [-0.05, 0) is 39.5 Å². The van der Waals surface area contributed by atoms with E-state index in [0.29, 0.717) is 24.5 Å². The summed E-state index contributed by atoms with van der Waals surface area (Å²) in [5.41, 5.74) is 0.798. The Bertz CT molecular complexity index is 420. The van der Waals surface area contributed by atoms with Crippen molar-refractivity contribution in [3.05, 3.63) is 17.6 Å². The molecule has 0 bridgehead atoms. The highest BCUT2D eigenvalue weighted by Gasteiger charge is 2.41. The van der Waals surface area contributed by atoms with E-state index in [-0.39, 0.29) is 18.9 Å². The number of hydrogen-bond donors (Lipinski definition) is 0. The lowest BCUT2D eigenvalue weighted by atomic mass is 9.87. The lowest BCUT2D eigenvalue weighted by molar-refractivity contribution is -0.185. The van der Waals surface area contributed by atoms with Crippen LogP contribution in [0.2, 0.25) is 0 Å².